The fourth-order valence-electron chi connectivity index (χ4n) is 3.07. The lowest BCUT2D eigenvalue weighted by Crippen LogP contribution is -2.55. The molecule has 0 saturated carbocycles. The smallest absolute Gasteiger partial charge is 0.325 e. The Balaban J connectivity index is 2.61. The van der Waals surface area contributed by atoms with Gasteiger partial charge in [-0.05, 0) is 46.1 Å². The lowest BCUT2D eigenvalue weighted by atomic mass is 10.1. The van der Waals surface area contributed by atoms with Gasteiger partial charge in [0.05, 0.1) is 6.04 Å². The van der Waals surface area contributed by atoms with E-state index in [-0.39, 0.29) is 17.1 Å². The van der Waals surface area contributed by atoms with Crippen LogP contribution in [0.4, 0.5) is 0 Å². The summed E-state index contributed by atoms with van der Waals surface area (Å²) in [4.78, 5) is 59.2. The van der Waals surface area contributed by atoms with Crippen molar-refractivity contribution in [1.29, 1.82) is 0 Å². The molecule has 1 aliphatic heterocycles. The highest BCUT2D eigenvalue weighted by molar-refractivity contribution is 8.13. The third-order valence-corrected chi connectivity index (χ3v) is 5.83. The van der Waals surface area contributed by atoms with Gasteiger partial charge in [0.1, 0.15) is 18.1 Å². The monoisotopic (exact) mass is 458 g/mol. The summed E-state index contributed by atoms with van der Waals surface area (Å²) in [7, 11) is 0. The summed E-state index contributed by atoms with van der Waals surface area (Å²) in [5, 5.41) is 19.7. The van der Waals surface area contributed by atoms with Crippen molar-refractivity contribution in [2.24, 2.45) is 0 Å². The molecule has 1 saturated heterocycles. The zero-order chi connectivity index (χ0) is 23.4. The number of nitrogens with one attached hydrogen (secondary N) is 4. The van der Waals surface area contributed by atoms with Gasteiger partial charge >= 0.3 is 5.97 Å². The highest BCUT2D eigenvalue weighted by Crippen LogP contribution is 2.11. The summed E-state index contributed by atoms with van der Waals surface area (Å²) >= 11 is 1.26. The van der Waals surface area contributed by atoms with Crippen molar-refractivity contribution >= 4 is 40.6 Å². The number of amides is 3. The molecule has 4 atom stereocenters. The van der Waals surface area contributed by atoms with Gasteiger partial charge in [-0.2, -0.15) is 0 Å². The Kier molecular flexibility index (Phi) is 12.2. The molecule has 1 rings (SSSR count). The van der Waals surface area contributed by atoms with Gasteiger partial charge < -0.3 is 26.4 Å². The standard InChI is InChI=1S/C20H34N4O6S/c1-12(17(26)23-13(2)20(29)30)22-19(28)16(8-5-4-6-11-31-14(3)25)24-18(27)15-9-7-10-21-15/h12-13,15-16,21H,4-11H2,1-3H3,(H,22,28)(H,23,26)(H,24,27)(H,29,30)/t12-,13-,15-,16-/m0/s1. The normalized spacial score (nSPS) is 18.5. The molecule has 0 aromatic rings. The Bertz CT molecular complexity index is 654. The van der Waals surface area contributed by atoms with E-state index in [2.05, 4.69) is 21.3 Å². The minimum atomic E-state index is -1.18. The highest BCUT2D eigenvalue weighted by Gasteiger charge is 2.29. The number of hydrogen-bond acceptors (Lipinski definition) is 7. The molecule has 176 valence electrons. The summed E-state index contributed by atoms with van der Waals surface area (Å²) in [6, 6.07) is -3.17. The first-order chi connectivity index (χ1) is 14.6. The summed E-state index contributed by atoms with van der Waals surface area (Å²) in [6.07, 6.45) is 4.28. The molecule has 0 spiro atoms. The van der Waals surface area contributed by atoms with Crippen LogP contribution in [0.25, 0.3) is 0 Å². The highest BCUT2D eigenvalue weighted by atomic mass is 32.2. The molecular formula is C20H34N4O6S. The molecule has 3 amide bonds. The van der Waals surface area contributed by atoms with E-state index in [9.17, 15) is 24.0 Å². The third kappa shape index (κ3) is 10.6. The maximum Gasteiger partial charge on any atom is 0.325 e. The second kappa shape index (κ2) is 14.0. The van der Waals surface area contributed by atoms with E-state index >= 15 is 0 Å². The number of carboxylic acid groups (broad SMARTS) is 1. The minimum Gasteiger partial charge on any atom is -0.480 e. The quantitative estimate of drug-likeness (QED) is 0.245. The second-order valence-corrected chi connectivity index (χ2v) is 8.97. The van der Waals surface area contributed by atoms with Crippen LogP contribution < -0.4 is 21.3 Å². The van der Waals surface area contributed by atoms with Gasteiger partial charge in [0, 0.05) is 12.7 Å². The molecule has 1 aliphatic rings. The van der Waals surface area contributed by atoms with Crippen LogP contribution in [0.5, 0.6) is 0 Å². The summed E-state index contributed by atoms with van der Waals surface area (Å²) < 4.78 is 0. The molecule has 0 aromatic carbocycles. The molecule has 5 N–H and O–H groups in total. The van der Waals surface area contributed by atoms with E-state index < -0.39 is 35.9 Å². The molecule has 0 aromatic heterocycles. The van der Waals surface area contributed by atoms with Crippen LogP contribution in [0.15, 0.2) is 0 Å². The first-order valence-corrected chi connectivity index (χ1v) is 11.6. The number of carbonyl (C=O) groups is 5. The zero-order valence-electron chi connectivity index (χ0n) is 18.4. The maximum absolute atomic E-state index is 12.7. The lowest BCUT2D eigenvalue weighted by Gasteiger charge is -2.23. The van der Waals surface area contributed by atoms with Crippen molar-refractivity contribution in [2.45, 2.75) is 83.5 Å². The van der Waals surface area contributed by atoms with E-state index in [0.717, 1.165) is 25.8 Å². The van der Waals surface area contributed by atoms with Gasteiger partial charge in [0.2, 0.25) is 17.7 Å². The van der Waals surface area contributed by atoms with Crippen molar-refractivity contribution < 1.29 is 29.1 Å². The van der Waals surface area contributed by atoms with Crippen LogP contribution in [-0.2, 0) is 24.0 Å². The maximum atomic E-state index is 12.7. The van der Waals surface area contributed by atoms with Crippen LogP contribution >= 0.6 is 11.8 Å². The summed E-state index contributed by atoms with van der Waals surface area (Å²) in [5.41, 5.74) is 0. The SMILES string of the molecule is CC(=O)SCCCCC[C@H](NC(=O)[C@@H]1CCCN1)C(=O)N[C@@H](C)C(=O)N[C@@H](C)C(=O)O. The Morgan fingerprint density at radius 1 is 1.00 bits per heavy atom. The van der Waals surface area contributed by atoms with E-state index in [1.165, 1.54) is 32.5 Å². The molecule has 0 bridgehead atoms. The number of rotatable bonds is 13. The summed E-state index contributed by atoms with van der Waals surface area (Å²) in [6.45, 7) is 5.06. The van der Waals surface area contributed by atoms with E-state index in [1.807, 2.05) is 0 Å². The molecule has 1 fully saturated rings. The molecule has 0 radical (unpaired) electrons. The average molecular weight is 459 g/mol. The largest absolute Gasteiger partial charge is 0.480 e. The molecular weight excluding hydrogens is 424 g/mol. The lowest BCUT2D eigenvalue weighted by molar-refractivity contribution is -0.141. The third-order valence-electron chi connectivity index (χ3n) is 4.93. The molecule has 0 aliphatic carbocycles. The van der Waals surface area contributed by atoms with E-state index in [1.54, 1.807) is 0 Å². The van der Waals surface area contributed by atoms with Gasteiger partial charge in [0.25, 0.3) is 0 Å². The first kappa shape index (κ1) is 26.9. The summed E-state index contributed by atoms with van der Waals surface area (Å²) in [5.74, 6) is -1.82. The predicted molar refractivity (Wildman–Crippen MR) is 117 cm³/mol. The second-order valence-electron chi connectivity index (χ2n) is 7.70. The van der Waals surface area contributed by atoms with E-state index in [0.29, 0.717) is 25.0 Å². The average Bonchev–Trinajstić information content (AvgIpc) is 3.23. The van der Waals surface area contributed by atoms with Crippen molar-refractivity contribution in [3.8, 4) is 0 Å². The molecule has 0 unspecified atom stereocenters. The first-order valence-electron chi connectivity index (χ1n) is 10.6. The molecule has 10 nitrogen and oxygen atoms in total. The zero-order valence-corrected chi connectivity index (χ0v) is 19.2. The van der Waals surface area contributed by atoms with Gasteiger partial charge in [-0.15, -0.1) is 0 Å². The van der Waals surface area contributed by atoms with Crippen molar-refractivity contribution in [2.75, 3.05) is 12.3 Å². The number of aliphatic carboxylic acids is 1. The Morgan fingerprint density at radius 2 is 1.68 bits per heavy atom. The van der Waals surface area contributed by atoms with Gasteiger partial charge in [-0.3, -0.25) is 24.0 Å². The van der Waals surface area contributed by atoms with Gasteiger partial charge in [-0.1, -0.05) is 24.6 Å². The number of hydrogen-bond donors (Lipinski definition) is 5. The van der Waals surface area contributed by atoms with Crippen molar-refractivity contribution in [3.05, 3.63) is 0 Å². The molecule has 11 heteroatoms. The Morgan fingerprint density at radius 3 is 2.26 bits per heavy atom. The molecule has 31 heavy (non-hydrogen) atoms. The van der Waals surface area contributed by atoms with Crippen molar-refractivity contribution in [3.63, 3.8) is 0 Å². The fraction of sp³-hybridized carbons (Fsp3) is 0.750. The number of carbonyl (C=O) groups excluding carboxylic acids is 4. The minimum absolute atomic E-state index is 0.0676. The van der Waals surface area contributed by atoms with Crippen LogP contribution in [-0.4, -0.2) is 70.4 Å². The molecule has 1 heterocycles. The van der Waals surface area contributed by atoms with Crippen LogP contribution in [0.3, 0.4) is 0 Å². The van der Waals surface area contributed by atoms with Gasteiger partial charge in [0.15, 0.2) is 5.12 Å². The van der Waals surface area contributed by atoms with Crippen molar-refractivity contribution in [1.82, 2.24) is 21.3 Å². The van der Waals surface area contributed by atoms with Crippen LogP contribution in [0, 0.1) is 0 Å². The topological polar surface area (TPSA) is 154 Å². The van der Waals surface area contributed by atoms with Crippen LogP contribution in [0.2, 0.25) is 0 Å². The van der Waals surface area contributed by atoms with Gasteiger partial charge in [-0.25, -0.2) is 0 Å². The Labute approximate surface area is 187 Å². The number of carboxylic acids is 1. The van der Waals surface area contributed by atoms with Crippen LogP contribution in [0.1, 0.15) is 59.3 Å². The fourth-order valence-corrected chi connectivity index (χ4v) is 3.71. The number of thioether (sulfide) groups is 1. The number of unbranched alkanes of at least 4 members (excludes halogenated alkanes) is 2. The predicted octanol–water partition coefficient (Wildman–Crippen LogP) is 0.157. The van der Waals surface area contributed by atoms with E-state index in [4.69, 9.17) is 5.11 Å². The Hall–Kier alpha value is -2.14.